The summed E-state index contributed by atoms with van der Waals surface area (Å²) in [6.45, 7) is 4.35. The van der Waals surface area contributed by atoms with Gasteiger partial charge < -0.3 is 0 Å². The van der Waals surface area contributed by atoms with Gasteiger partial charge in [-0.2, -0.15) is 0 Å². The normalized spacial score (nSPS) is 32.2. The molecule has 2 unspecified atom stereocenters. The van der Waals surface area contributed by atoms with Crippen LogP contribution in [0.1, 0.15) is 39.0 Å². The molecule has 1 fully saturated rings. The molecule has 2 atom stereocenters. The molecule has 2 heteroatoms. The monoisotopic (exact) mass is 174 g/mol. The van der Waals surface area contributed by atoms with Gasteiger partial charge in [-0.05, 0) is 18.8 Å². The quantitative estimate of drug-likeness (QED) is 0.513. The molecule has 1 heterocycles. The molecule has 0 amide bonds. The van der Waals surface area contributed by atoms with Crippen molar-refractivity contribution in [3.63, 3.8) is 0 Å². The molecule has 0 aromatic rings. The molecular formula is C9H17ClN. The topological polar surface area (TPSA) is 12.0 Å². The average Bonchev–Trinajstić information content (AvgIpc) is 2.01. The van der Waals surface area contributed by atoms with Gasteiger partial charge in [0.25, 0.3) is 0 Å². The van der Waals surface area contributed by atoms with Gasteiger partial charge in [-0.1, -0.05) is 26.2 Å². The first-order valence-corrected chi connectivity index (χ1v) is 4.98. The Kier molecular flexibility index (Phi) is 4.24. The Balaban J connectivity index is 2.12. The Morgan fingerprint density at radius 1 is 1.64 bits per heavy atom. The highest BCUT2D eigenvalue weighted by Crippen LogP contribution is 2.24. The van der Waals surface area contributed by atoms with E-state index < -0.39 is 0 Å². The first-order valence-electron chi connectivity index (χ1n) is 4.54. The number of halogens is 1. The zero-order valence-corrected chi connectivity index (χ0v) is 7.90. The predicted octanol–water partition coefficient (Wildman–Crippen LogP) is 2.90. The summed E-state index contributed by atoms with van der Waals surface area (Å²) in [5, 5.41) is 3.13. The number of nitrogens with one attached hydrogen (secondary N) is 1. The Bertz CT molecular complexity index is 106. The zero-order chi connectivity index (χ0) is 8.10. The van der Waals surface area contributed by atoms with Crippen LogP contribution in [-0.4, -0.2) is 5.50 Å². The molecular weight excluding hydrogens is 158 g/mol. The van der Waals surface area contributed by atoms with Crippen LogP contribution in [0.3, 0.4) is 0 Å². The summed E-state index contributed by atoms with van der Waals surface area (Å²) in [6, 6.07) is 0. The van der Waals surface area contributed by atoms with Crippen molar-refractivity contribution in [3.8, 4) is 0 Å². The van der Waals surface area contributed by atoms with E-state index in [9.17, 15) is 0 Å². The minimum absolute atomic E-state index is 0.186. The molecule has 65 valence electrons. The average molecular weight is 175 g/mol. The van der Waals surface area contributed by atoms with Crippen molar-refractivity contribution < 1.29 is 0 Å². The fourth-order valence-corrected chi connectivity index (χ4v) is 1.89. The lowest BCUT2D eigenvalue weighted by molar-refractivity contribution is 0.359. The van der Waals surface area contributed by atoms with Crippen LogP contribution >= 0.6 is 11.6 Å². The highest BCUT2D eigenvalue weighted by atomic mass is 35.5. The smallest absolute Gasteiger partial charge is 0.0830 e. The molecule has 1 rings (SSSR count). The van der Waals surface area contributed by atoms with Crippen molar-refractivity contribution >= 4 is 11.6 Å². The minimum atomic E-state index is 0.186. The van der Waals surface area contributed by atoms with Gasteiger partial charge in [0.05, 0.1) is 5.50 Å². The van der Waals surface area contributed by atoms with Crippen molar-refractivity contribution in [2.45, 2.75) is 44.5 Å². The number of piperidine rings is 1. The van der Waals surface area contributed by atoms with Gasteiger partial charge in [-0.3, -0.25) is 5.32 Å². The van der Waals surface area contributed by atoms with Gasteiger partial charge in [-0.25, -0.2) is 0 Å². The first kappa shape index (κ1) is 9.34. The lowest BCUT2D eigenvalue weighted by Crippen LogP contribution is -2.30. The van der Waals surface area contributed by atoms with Crippen molar-refractivity contribution in [2.75, 3.05) is 0 Å². The van der Waals surface area contributed by atoms with E-state index in [0.717, 1.165) is 12.3 Å². The van der Waals surface area contributed by atoms with Crippen LogP contribution in [-0.2, 0) is 0 Å². The molecule has 1 N–H and O–H groups in total. The maximum atomic E-state index is 5.95. The van der Waals surface area contributed by atoms with Crippen LogP contribution in [0.15, 0.2) is 0 Å². The van der Waals surface area contributed by atoms with E-state index in [1.165, 1.54) is 25.7 Å². The Morgan fingerprint density at radius 3 is 3.09 bits per heavy atom. The van der Waals surface area contributed by atoms with E-state index in [2.05, 4.69) is 18.8 Å². The van der Waals surface area contributed by atoms with Gasteiger partial charge in [0.15, 0.2) is 0 Å². The number of hydrogen-bond acceptors (Lipinski definition) is 1. The number of rotatable bonds is 3. The largest absolute Gasteiger partial charge is 0.297 e. The SMILES string of the molecule is CCCCC1C[CH]NC(Cl)C1. The van der Waals surface area contributed by atoms with Crippen molar-refractivity contribution in [1.29, 1.82) is 0 Å². The molecule has 1 aliphatic rings. The van der Waals surface area contributed by atoms with Crippen LogP contribution in [0.25, 0.3) is 0 Å². The van der Waals surface area contributed by atoms with Crippen molar-refractivity contribution in [3.05, 3.63) is 6.54 Å². The number of unbranched alkanes of at least 4 members (excludes halogenated alkanes) is 1. The number of alkyl halides is 1. The minimum Gasteiger partial charge on any atom is -0.297 e. The summed E-state index contributed by atoms with van der Waals surface area (Å²) in [4.78, 5) is 0. The van der Waals surface area contributed by atoms with E-state index in [1.807, 2.05) is 0 Å². The summed E-state index contributed by atoms with van der Waals surface area (Å²) >= 11 is 5.95. The van der Waals surface area contributed by atoms with Gasteiger partial charge in [0.1, 0.15) is 0 Å². The van der Waals surface area contributed by atoms with Crippen LogP contribution in [0.2, 0.25) is 0 Å². The van der Waals surface area contributed by atoms with E-state index in [0.29, 0.717) is 0 Å². The first-order chi connectivity index (χ1) is 5.33. The molecule has 0 aromatic carbocycles. The maximum Gasteiger partial charge on any atom is 0.0830 e. The van der Waals surface area contributed by atoms with Crippen molar-refractivity contribution in [2.24, 2.45) is 5.92 Å². The Morgan fingerprint density at radius 2 is 2.45 bits per heavy atom. The van der Waals surface area contributed by atoms with Crippen LogP contribution in [0.4, 0.5) is 0 Å². The van der Waals surface area contributed by atoms with Gasteiger partial charge in [-0.15, -0.1) is 11.6 Å². The molecule has 1 nitrogen and oxygen atoms in total. The third-order valence-electron chi connectivity index (χ3n) is 2.26. The molecule has 1 saturated heterocycles. The molecule has 11 heavy (non-hydrogen) atoms. The van der Waals surface area contributed by atoms with Gasteiger partial charge >= 0.3 is 0 Å². The summed E-state index contributed by atoms with van der Waals surface area (Å²) < 4.78 is 0. The summed E-state index contributed by atoms with van der Waals surface area (Å²) in [5.41, 5.74) is 0.186. The van der Waals surface area contributed by atoms with Crippen LogP contribution in [0.5, 0.6) is 0 Å². The second-order valence-electron chi connectivity index (χ2n) is 3.32. The third kappa shape index (κ3) is 3.44. The fourth-order valence-electron chi connectivity index (χ4n) is 1.55. The summed E-state index contributed by atoms with van der Waals surface area (Å²) in [7, 11) is 0. The summed E-state index contributed by atoms with van der Waals surface area (Å²) in [5.74, 6) is 0.832. The van der Waals surface area contributed by atoms with E-state index in [4.69, 9.17) is 11.6 Å². The van der Waals surface area contributed by atoms with Crippen LogP contribution < -0.4 is 5.32 Å². The summed E-state index contributed by atoms with van der Waals surface area (Å²) in [6.07, 6.45) is 6.33. The number of hydrogen-bond donors (Lipinski definition) is 1. The fraction of sp³-hybridized carbons (Fsp3) is 0.889. The lowest BCUT2D eigenvalue weighted by atomic mass is 9.92. The lowest BCUT2D eigenvalue weighted by Gasteiger charge is -2.25. The maximum absolute atomic E-state index is 5.95. The standard InChI is InChI=1S/C9H17ClN/c1-2-3-4-8-5-6-11-9(10)7-8/h6,8-9,11H,2-5,7H2,1H3. The molecule has 0 aliphatic carbocycles. The van der Waals surface area contributed by atoms with E-state index in [-0.39, 0.29) is 5.50 Å². The molecule has 0 saturated carbocycles. The third-order valence-corrected chi connectivity index (χ3v) is 2.56. The Labute approximate surface area is 74.5 Å². The second kappa shape index (κ2) is 5.00. The Hall–Kier alpha value is 0.250. The predicted molar refractivity (Wildman–Crippen MR) is 49.3 cm³/mol. The molecule has 0 spiro atoms. The van der Waals surface area contributed by atoms with Gasteiger partial charge in [0, 0.05) is 6.54 Å². The van der Waals surface area contributed by atoms with Crippen molar-refractivity contribution in [1.82, 2.24) is 5.32 Å². The molecule has 0 aromatic heterocycles. The highest BCUT2D eigenvalue weighted by Gasteiger charge is 2.18. The van der Waals surface area contributed by atoms with E-state index >= 15 is 0 Å². The molecule has 1 radical (unpaired) electrons. The molecule has 1 aliphatic heterocycles. The molecule has 0 bridgehead atoms. The zero-order valence-electron chi connectivity index (χ0n) is 7.15. The van der Waals surface area contributed by atoms with Gasteiger partial charge in [0.2, 0.25) is 0 Å². The van der Waals surface area contributed by atoms with E-state index in [1.54, 1.807) is 0 Å². The highest BCUT2D eigenvalue weighted by molar-refractivity contribution is 6.20. The second-order valence-corrected chi connectivity index (χ2v) is 3.84. The van der Waals surface area contributed by atoms with Crippen LogP contribution in [0, 0.1) is 12.5 Å².